The SMILES string of the molecule is C#CC(CC)CC1CCC2(C)C(C1)C(CC)C(C)C1C3CCC(C(C)C(C)C)C3(C)CCC12. The number of rotatable bonds is 6. The monoisotopic (exact) mass is 452 g/mol. The third-order valence-corrected chi connectivity index (χ3v) is 13.1. The van der Waals surface area contributed by atoms with Crippen molar-refractivity contribution >= 4 is 0 Å². The third kappa shape index (κ3) is 4.05. The summed E-state index contributed by atoms with van der Waals surface area (Å²) in [6, 6.07) is 0. The summed E-state index contributed by atoms with van der Waals surface area (Å²) in [7, 11) is 0. The molecule has 12 unspecified atom stereocenters. The molecule has 12 atom stereocenters. The van der Waals surface area contributed by atoms with Crippen LogP contribution in [-0.4, -0.2) is 0 Å². The summed E-state index contributed by atoms with van der Waals surface area (Å²) in [5.41, 5.74) is 1.17. The van der Waals surface area contributed by atoms with Crippen molar-refractivity contribution in [2.24, 2.45) is 75.9 Å². The maximum absolute atomic E-state index is 5.88. The standard InChI is InChI=1S/C33H56/c1-10-24(11-2)19-25-15-17-33(9)29-16-18-32(8)27(22(6)21(4)5)13-14-28(32)31(29)23(7)26(12-3)30(33)20-25/h1,21-31H,11-20H2,2-9H3. The van der Waals surface area contributed by atoms with Crippen LogP contribution in [0.25, 0.3) is 0 Å². The van der Waals surface area contributed by atoms with Crippen LogP contribution in [0.5, 0.6) is 0 Å². The second-order valence-electron chi connectivity index (χ2n) is 14.3. The molecule has 0 saturated heterocycles. The van der Waals surface area contributed by atoms with Gasteiger partial charge in [-0.15, -0.1) is 12.3 Å². The zero-order valence-corrected chi connectivity index (χ0v) is 23.5. The number of fused-ring (bicyclic) bond motifs is 5. The summed E-state index contributed by atoms with van der Waals surface area (Å²) in [6.07, 6.45) is 20.1. The summed E-state index contributed by atoms with van der Waals surface area (Å²) in [5, 5.41) is 0. The highest BCUT2D eigenvalue weighted by Gasteiger charge is 2.64. The maximum atomic E-state index is 5.88. The first-order valence-corrected chi connectivity index (χ1v) is 15.1. The van der Waals surface area contributed by atoms with Crippen LogP contribution in [0.15, 0.2) is 0 Å². The molecule has 0 heterocycles. The fourth-order valence-corrected chi connectivity index (χ4v) is 10.9. The Kier molecular flexibility index (Phi) is 7.42. The lowest BCUT2D eigenvalue weighted by molar-refractivity contribution is -0.172. The Hall–Kier alpha value is -0.440. The van der Waals surface area contributed by atoms with E-state index in [1.54, 1.807) is 0 Å². The molecule has 0 aromatic carbocycles. The molecule has 0 radical (unpaired) electrons. The first kappa shape index (κ1) is 25.6. The molecule has 4 saturated carbocycles. The van der Waals surface area contributed by atoms with Gasteiger partial charge in [0.25, 0.3) is 0 Å². The molecule has 188 valence electrons. The van der Waals surface area contributed by atoms with E-state index in [2.05, 4.69) is 61.3 Å². The van der Waals surface area contributed by atoms with Crippen molar-refractivity contribution in [3.8, 4) is 12.3 Å². The number of terminal acetylenes is 1. The predicted octanol–water partition coefficient (Wildman–Crippen LogP) is 9.49. The summed E-state index contributed by atoms with van der Waals surface area (Å²) in [4.78, 5) is 0. The molecule has 4 aliphatic carbocycles. The van der Waals surface area contributed by atoms with Crippen molar-refractivity contribution in [1.29, 1.82) is 0 Å². The zero-order chi connectivity index (χ0) is 24.1. The molecule has 0 aromatic heterocycles. The first-order valence-electron chi connectivity index (χ1n) is 15.1. The molecule has 0 aromatic rings. The molecule has 0 nitrogen and oxygen atoms in total. The summed E-state index contributed by atoms with van der Waals surface area (Å²) in [6.45, 7) is 20.5. The van der Waals surface area contributed by atoms with Crippen molar-refractivity contribution < 1.29 is 0 Å². The Balaban J connectivity index is 1.61. The molecule has 4 rings (SSSR count). The predicted molar refractivity (Wildman–Crippen MR) is 144 cm³/mol. The van der Waals surface area contributed by atoms with Crippen LogP contribution in [0.3, 0.4) is 0 Å². The molecule has 0 amide bonds. The van der Waals surface area contributed by atoms with E-state index >= 15 is 0 Å². The molecule has 0 bridgehead atoms. The van der Waals surface area contributed by atoms with E-state index in [1.165, 1.54) is 57.8 Å². The van der Waals surface area contributed by atoms with Gasteiger partial charge < -0.3 is 0 Å². The van der Waals surface area contributed by atoms with Crippen molar-refractivity contribution in [1.82, 2.24) is 0 Å². The lowest BCUT2D eigenvalue weighted by atomic mass is 9.39. The van der Waals surface area contributed by atoms with Gasteiger partial charge in [-0.3, -0.25) is 0 Å². The first-order chi connectivity index (χ1) is 15.6. The van der Waals surface area contributed by atoms with Gasteiger partial charge in [0, 0.05) is 5.92 Å². The zero-order valence-electron chi connectivity index (χ0n) is 23.5. The summed E-state index contributed by atoms with van der Waals surface area (Å²) >= 11 is 0. The van der Waals surface area contributed by atoms with Crippen LogP contribution in [-0.2, 0) is 0 Å². The highest BCUT2D eigenvalue weighted by atomic mass is 14.7. The molecule has 4 fully saturated rings. The molecule has 4 aliphatic rings. The average Bonchev–Trinajstić information content (AvgIpc) is 3.14. The van der Waals surface area contributed by atoms with E-state index in [0.717, 1.165) is 65.6 Å². The Bertz CT molecular complexity index is 712. The molecule has 33 heavy (non-hydrogen) atoms. The van der Waals surface area contributed by atoms with Crippen LogP contribution < -0.4 is 0 Å². The van der Waals surface area contributed by atoms with Crippen molar-refractivity contribution in [2.45, 2.75) is 120 Å². The lowest BCUT2D eigenvalue weighted by Gasteiger charge is -2.66. The van der Waals surface area contributed by atoms with Gasteiger partial charge in [-0.25, -0.2) is 0 Å². The van der Waals surface area contributed by atoms with E-state index in [-0.39, 0.29) is 0 Å². The van der Waals surface area contributed by atoms with Crippen LogP contribution in [0.2, 0.25) is 0 Å². The number of hydrogen-bond donors (Lipinski definition) is 0. The third-order valence-electron chi connectivity index (χ3n) is 13.1. The average molecular weight is 453 g/mol. The van der Waals surface area contributed by atoms with Crippen molar-refractivity contribution in [3.05, 3.63) is 0 Å². The van der Waals surface area contributed by atoms with Gasteiger partial charge >= 0.3 is 0 Å². The van der Waals surface area contributed by atoms with Crippen LogP contribution in [0.1, 0.15) is 120 Å². The lowest BCUT2D eigenvalue weighted by Crippen LogP contribution is -2.59. The van der Waals surface area contributed by atoms with E-state index in [1.807, 2.05) is 0 Å². The Labute approximate surface area is 207 Å². The Morgan fingerprint density at radius 2 is 1.58 bits per heavy atom. The van der Waals surface area contributed by atoms with E-state index in [4.69, 9.17) is 6.42 Å². The second kappa shape index (κ2) is 9.55. The fourth-order valence-electron chi connectivity index (χ4n) is 10.9. The highest BCUT2D eigenvalue weighted by molar-refractivity contribution is 5.13. The van der Waals surface area contributed by atoms with Gasteiger partial charge in [-0.05, 0) is 128 Å². The normalized spacial score (nSPS) is 49.0. The quantitative estimate of drug-likeness (QED) is 0.352. The fraction of sp³-hybridized carbons (Fsp3) is 0.939. The Morgan fingerprint density at radius 1 is 0.909 bits per heavy atom. The van der Waals surface area contributed by atoms with Gasteiger partial charge in [0.15, 0.2) is 0 Å². The molecule has 0 aliphatic heterocycles. The van der Waals surface area contributed by atoms with E-state index in [9.17, 15) is 0 Å². The van der Waals surface area contributed by atoms with Crippen LogP contribution >= 0.6 is 0 Å². The van der Waals surface area contributed by atoms with Gasteiger partial charge in [-0.1, -0.05) is 61.8 Å². The van der Waals surface area contributed by atoms with E-state index in [0.29, 0.717) is 16.7 Å². The van der Waals surface area contributed by atoms with E-state index < -0.39 is 0 Å². The van der Waals surface area contributed by atoms with Crippen molar-refractivity contribution in [2.75, 3.05) is 0 Å². The Morgan fingerprint density at radius 3 is 2.18 bits per heavy atom. The second-order valence-corrected chi connectivity index (χ2v) is 14.3. The molecular formula is C33H56. The molecular weight excluding hydrogens is 396 g/mol. The minimum absolute atomic E-state index is 0.502. The topological polar surface area (TPSA) is 0 Å². The molecule has 0 N–H and O–H groups in total. The minimum atomic E-state index is 0.502. The van der Waals surface area contributed by atoms with Gasteiger partial charge in [0.1, 0.15) is 0 Å². The summed E-state index contributed by atoms with van der Waals surface area (Å²) in [5.74, 6) is 12.8. The highest BCUT2D eigenvalue weighted by Crippen LogP contribution is 2.71. The smallest absolute Gasteiger partial charge is 0.0200 e. The van der Waals surface area contributed by atoms with Gasteiger partial charge in [-0.2, -0.15) is 0 Å². The molecule has 0 spiro atoms. The van der Waals surface area contributed by atoms with Crippen LogP contribution in [0.4, 0.5) is 0 Å². The largest absolute Gasteiger partial charge is 0.120 e. The van der Waals surface area contributed by atoms with Gasteiger partial charge in [0.2, 0.25) is 0 Å². The molecule has 0 heteroatoms. The van der Waals surface area contributed by atoms with Crippen LogP contribution in [0, 0.1) is 88.3 Å². The van der Waals surface area contributed by atoms with Crippen molar-refractivity contribution in [3.63, 3.8) is 0 Å². The number of hydrogen-bond acceptors (Lipinski definition) is 0. The van der Waals surface area contributed by atoms with Gasteiger partial charge in [0.05, 0.1) is 0 Å². The maximum Gasteiger partial charge on any atom is 0.0200 e. The minimum Gasteiger partial charge on any atom is -0.120 e. The summed E-state index contributed by atoms with van der Waals surface area (Å²) < 4.78 is 0.